The van der Waals surface area contributed by atoms with Crippen LogP contribution in [0.3, 0.4) is 0 Å². The number of ether oxygens (including phenoxy) is 1. The molecule has 0 aliphatic rings. The van der Waals surface area contributed by atoms with Crippen molar-refractivity contribution in [1.29, 1.82) is 0 Å². The first-order valence-electron chi connectivity index (χ1n) is 7.69. The predicted octanol–water partition coefficient (Wildman–Crippen LogP) is 4.68. The Labute approximate surface area is 144 Å². The SMILES string of the molecule is COc1ccc(-c2nc(-c3nc4cc(C)ccc4n3C)cs2)cc1. The molecule has 0 unspecified atom stereocenters. The highest BCUT2D eigenvalue weighted by Crippen LogP contribution is 2.31. The summed E-state index contributed by atoms with van der Waals surface area (Å²) in [4.78, 5) is 9.54. The molecule has 24 heavy (non-hydrogen) atoms. The number of hydrogen-bond donors (Lipinski definition) is 0. The first-order chi connectivity index (χ1) is 11.7. The van der Waals surface area contributed by atoms with Crippen LogP contribution in [0.2, 0.25) is 0 Å². The predicted molar refractivity (Wildman–Crippen MR) is 98.5 cm³/mol. The summed E-state index contributed by atoms with van der Waals surface area (Å²) >= 11 is 1.63. The Kier molecular flexibility index (Phi) is 3.58. The standard InChI is InChI=1S/C19H17N3OS/c1-12-4-9-17-15(10-12)20-18(22(17)2)16-11-24-19(21-16)13-5-7-14(23-3)8-6-13/h4-11H,1-3H3. The smallest absolute Gasteiger partial charge is 0.160 e. The van der Waals surface area contributed by atoms with Crippen LogP contribution < -0.4 is 4.74 Å². The minimum Gasteiger partial charge on any atom is -0.497 e. The fourth-order valence-corrected chi connectivity index (χ4v) is 3.59. The van der Waals surface area contributed by atoms with E-state index in [2.05, 4.69) is 35.1 Å². The molecule has 0 aliphatic carbocycles. The van der Waals surface area contributed by atoms with Crippen LogP contribution in [0.5, 0.6) is 5.75 Å². The largest absolute Gasteiger partial charge is 0.497 e. The van der Waals surface area contributed by atoms with Crippen molar-refractivity contribution in [3.8, 4) is 27.8 Å². The molecule has 0 amide bonds. The van der Waals surface area contributed by atoms with Gasteiger partial charge in [0.15, 0.2) is 5.82 Å². The van der Waals surface area contributed by atoms with Crippen molar-refractivity contribution in [2.75, 3.05) is 7.11 Å². The van der Waals surface area contributed by atoms with E-state index in [4.69, 9.17) is 14.7 Å². The molecule has 0 radical (unpaired) electrons. The van der Waals surface area contributed by atoms with Gasteiger partial charge in [-0.25, -0.2) is 9.97 Å². The second-order valence-corrected chi connectivity index (χ2v) is 6.61. The maximum atomic E-state index is 5.21. The van der Waals surface area contributed by atoms with Crippen molar-refractivity contribution in [3.05, 3.63) is 53.4 Å². The molecular weight excluding hydrogens is 318 g/mol. The normalized spacial score (nSPS) is 11.1. The average Bonchev–Trinajstić information content (AvgIpc) is 3.20. The van der Waals surface area contributed by atoms with Crippen molar-refractivity contribution >= 4 is 22.4 Å². The molecule has 2 aromatic heterocycles. The van der Waals surface area contributed by atoms with Crippen LogP contribution in [-0.4, -0.2) is 21.6 Å². The van der Waals surface area contributed by atoms with E-state index in [1.807, 2.05) is 31.3 Å². The van der Waals surface area contributed by atoms with Crippen molar-refractivity contribution in [1.82, 2.24) is 14.5 Å². The van der Waals surface area contributed by atoms with E-state index in [1.165, 1.54) is 5.56 Å². The number of aromatic nitrogens is 3. The Morgan fingerprint density at radius 2 is 1.83 bits per heavy atom. The lowest BCUT2D eigenvalue weighted by Crippen LogP contribution is -1.92. The summed E-state index contributed by atoms with van der Waals surface area (Å²) in [6, 6.07) is 14.3. The van der Waals surface area contributed by atoms with Crippen LogP contribution in [0.4, 0.5) is 0 Å². The second-order valence-electron chi connectivity index (χ2n) is 5.75. The number of fused-ring (bicyclic) bond motifs is 1. The van der Waals surface area contributed by atoms with Gasteiger partial charge in [0.1, 0.15) is 16.5 Å². The highest BCUT2D eigenvalue weighted by atomic mass is 32.1. The molecule has 5 heteroatoms. The maximum Gasteiger partial charge on any atom is 0.160 e. The van der Waals surface area contributed by atoms with E-state index >= 15 is 0 Å². The first kappa shape index (κ1) is 14.9. The molecule has 0 saturated carbocycles. The van der Waals surface area contributed by atoms with Gasteiger partial charge < -0.3 is 9.30 Å². The summed E-state index contributed by atoms with van der Waals surface area (Å²) in [7, 11) is 3.70. The van der Waals surface area contributed by atoms with Crippen molar-refractivity contribution < 1.29 is 4.74 Å². The molecule has 0 saturated heterocycles. The summed E-state index contributed by atoms with van der Waals surface area (Å²) in [6.45, 7) is 2.08. The van der Waals surface area contributed by atoms with Crippen molar-refractivity contribution in [2.24, 2.45) is 7.05 Å². The lowest BCUT2D eigenvalue weighted by Gasteiger charge is -2.00. The average molecular weight is 335 g/mol. The number of imidazole rings is 1. The number of nitrogens with zero attached hydrogens (tertiary/aromatic N) is 3. The Hall–Kier alpha value is -2.66. The number of thiazole rings is 1. The summed E-state index contributed by atoms with van der Waals surface area (Å²) in [5.74, 6) is 1.74. The van der Waals surface area contributed by atoms with Gasteiger partial charge in [-0.2, -0.15) is 0 Å². The molecule has 2 aromatic carbocycles. The van der Waals surface area contributed by atoms with Crippen LogP contribution in [0.15, 0.2) is 47.8 Å². The topological polar surface area (TPSA) is 39.9 Å². The van der Waals surface area contributed by atoms with E-state index in [0.29, 0.717) is 0 Å². The van der Waals surface area contributed by atoms with Crippen LogP contribution in [0.1, 0.15) is 5.56 Å². The number of hydrogen-bond acceptors (Lipinski definition) is 4. The number of methoxy groups -OCH3 is 1. The van der Waals surface area contributed by atoms with Gasteiger partial charge in [-0.15, -0.1) is 11.3 Å². The highest BCUT2D eigenvalue weighted by molar-refractivity contribution is 7.13. The number of benzene rings is 2. The third-order valence-corrected chi connectivity index (χ3v) is 5.00. The zero-order valence-corrected chi connectivity index (χ0v) is 14.6. The summed E-state index contributed by atoms with van der Waals surface area (Å²) in [5.41, 5.74) is 5.33. The number of rotatable bonds is 3. The fourth-order valence-electron chi connectivity index (χ4n) is 2.78. The Morgan fingerprint density at radius 3 is 2.58 bits per heavy atom. The van der Waals surface area contributed by atoms with Crippen LogP contribution in [-0.2, 0) is 7.05 Å². The molecule has 0 fully saturated rings. The first-order valence-corrected chi connectivity index (χ1v) is 8.57. The molecule has 0 spiro atoms. The molecule has 4 nitrogen and oxygen atoms in total. The second kappa shape index (κ2) is 5.76. The molecule has 4 aromatic rings. The Balaban J connectivity index is 1.75. The van der Waals surface area contributed by atoms with Gasteiger partial charge in [-0.05, 0) is 48.9 Å². The summed E-state index contributed by atoms with van der Waals surface area (Å²) in [6.07, 6.45) is 0. The van der Waals surface area contributed by atoms with E-state index in [1.54, 1.807) is 18.4 Å². The van der Waals surface area contributed by atoms with Gasteiger partial charge in [0.05, 0.1) is 18.1 Å². The molecule has 120 valence electrons. The minimum atomic E-state index is 0.848. The van der Waals surface area contributed by atoms with E-state index in [0.717, 1.165) is 38.9 Å². The zero-order valence-electron chi connectivity index (χ0n) is 13.8. The molecule has 0 N–H and O–H groups in total. The van der Waals surface area contributed by atoms with Gasteiger partial charge in [-0.1, -0.05) is 6.07 Å². The van der Waals surface area contributed by atoms with Crippen molar-refractivity contribution in [2.45, 2.75) is 6.92 Å². The molecule has 0 aliphatic heterocycles. The highest BCUT2D eigenvalue weighted by Gasteiger charge is 2.14. The maximum absolute atomic E-state index is 5.21. The molecule has 0 atom stereocenters. The van der Waals surface area contributed by atoms with Crippen molar-refractivity contribution in [3.63, 3.8) is 0 Å². The summed E-state index contributed by atoms with van der Waals surface area (Å²) < 4.78 is 7.31. The molecule has 0 bridgehead atoms. The van der Waals surface area contributed by atoms with E-state index in [-0.39, 0.29) is 0 Å². The Morgan fingerprint density at radius 1 is 1.04 bits per heavy atom. The van der Waals surface area contributed by atoms with Gasteiger partial charge in [0, 0.05) is 18.0 Å². The molecule has 4 rings (SSSR count). The summed E-state index contributed by atoms with van der Waals surface area (Å²) in [5, 5.41) is 3.05. The van der Waals surface area contributed by atoms with Crippen LogP contribution >= 0.6 is 11.3 Å². The molecular formula is C19H17N3OS. The quantitative estimate of drug-likeness (QED) is 0.546. The van der Waals surface area contributed by atoms with E-state index in [9.17, 15) is 0 Å². The van der Waals surface area contributed by atoms with Gasteiger partial charge in [0.25, 0.3) is 0 Å². The third kappa shape index (κ3) is 2.47. The Bertz CT molecular complexity index is 1010. The van der Waals surface area contributed by atoms with Gasteiger partial charge in [-0.3, -0.25) is 0 Å². The number of aryl methyl sites for hydroxylation is 2. The van der Waals surface area contributed by atoms with E-state index < -0.39 is 0 Å². The van der Waals surface area contributed by atoms with Crippen LogP contribution in [0.25, 0.3) is 33.1 Å². The minimum absolute atomic E-state index is 0.848. The van der Waals surface area contributed by atoms with Gasteiger partial charge in [0.2, 0.25) is 0 Å². The monoisotopic (exact) mass is 335 g/mol. The fraction of sp³-hybridized carbons (Fsp3) is 0.158. The lowest BCUT2D eigenvalue weighted by atomic mass is 10.2. The lowest BCUT2D eigenvalue weighted by molar-refractivity contribution is 0.415. The third-order valence-electron chi connectivity index (χ3n) is 4.11. The zero-order chi connectivity index (χ0) is 16.7. The van der Waals surface area contributed by atoms with Crippen LogP contribution in [0, 0.1) is 6.92 Å². The molecule has 2 heterocycles. The van der Waals surface area contributed by atoms with Gasteiger partial charge >= 0.3 is 0 Å².